The van der Waals surface area contributed by atoms with Crippen molar-refractivity contribution in [3.8, 4) is 0 Å². The number of aliphatic carboxylic acids is 1. The third-order valence-electron chi connectivity index (χ3n) is 9.12. The molecule has 9 atom stereocenters. The van der Waals surface area contributed by atoms with Crippen molar-refractivity contribution in [2.75, 3.05) is 0 Å². The van der Waals surface area contributed by atoms with Gasteiger partial charge in [0.2, 0.25) is 0 Å². The highest BCUT2D eigenvalue weighted by Crippen LogP contribution is 2.69. The van der Waals surface area contributed by atoms with E-state index in [0.29, 0.717) is 19.3 Å². The van der Waals surface area contributed by atoms with Gasteiger partial charge in [-0.2, -0.15) is 0 Å². The summed E-state index contributed by atoms with van der Waals surface area (Å²) in [5.74, 6) is -1.07. The number of aliphatic hydroxyl groups excluding tert-OH is 1. The van der Waals surface area contributed by atoms with Crippen LogP contribution in [0.15, 0.2) is 23.8 Å². The van der Waals surface area contributed by atoms with Crippen LogP contribution in [0.25, 0.3) is 0 Å². The van der Waals surface area contributed by atoms with Gasteiger partial charge in [-0.3, -0.25) is 4.79 Å². The van der Waals surface area contributed by atoms with Crippen molar-refractivity contribution in [1.29, 1.82) is 0 Å². The number of carboxylic acids is 1. The minimum absolute atomic E-state index is 0.00568. The van der Waals surface area contributed by atoms with Crippen molar-refractivity contribution < 1.29 is 29.3 Å². The predicted molar refractivity (Wildman–Crippen MR) is 106 cm³/mol. The fourth-order valence-electron chi connectivity index (χ4n) is 7.85. The van der Waals surface area contributed by atoms with Crippen molar-refractivity contribution in [3.63, 3.8) is 0 Å². The third kappa shape index (κ3) is 2.36. The summed E-state index contributed by atoms with van der Waals surface area (Å²) in [4.78, 5) is 24.5. The van der Waals surface area contributed by atoms with Crippen molar-refractivity contribution in [2.45, 2.75) is 83.4 Å². The Morgan fingerprint density at radius 3 is 2.83 bits per heavy atom. The number of hydrogen-bond donors (Lipinski definition) is 1. The first-order chi connectivity index (χ1) is 14.2. The molecule has 1 N–H and O–H groups in total. The van der Waals surface area contributed by atoms with E-state index in [1.54, 1.807) is 12.2 Å². The fraction of sp³-hybridized carbons (Fsp3) is 0.750. The first-order valence-electron chi connectivity index (χ1n) is 11.3. The van der Waals surface area contributed by atoms with Crippen LogP contribution in [0, 0.1) is 28.6 Å². The molecule has 5 rings (SSSR count). The number of carboxylic acid groups (broad SMARTS) is 1. The van der Waals surface area contributed by atoms with E-state index >= 15 is 0 Å². The van der Waals surface area contributed by atoms with E-state index in [1.165, 1.54) is 0 Å². The van der Waals surface area contributed by atoms with Crippen LogP contribution in [0.3, 0.4) is 0 Å². The van der Waals surface area contributed by atoms with Gasteiger partial charge in [0.05, 0.1) is 18.2 Å². The largest absolute Gasteiger partial charge is 0.547 e. The Kier molecular flexibility index (Phi) is 4.42. The Labute approximate surface area is 177 Å². The number of carbonyl (C=O) groups excluding carboxylic acids is 2. The lowest BCUT2D eigenvalue weighted by molar-refractivity contribution is -0.337. The maximum absolute atomic E-state index is 12.6. The highest BCUT2D eigenvalue weighted by atomic mass is 16.7. The molecular weight excluding hydrogens is 384 g/mol. The molecule has 5 aliphatic rings. The molecule has 9 unspecified atom stereocenters. The van der Waals surface area contributed by atoms with E-state index < -0.39 is 35.5 Å². The van der Waals surface area contributed by atoms with Crippen molar-refractivity contribution in [3.05, 3.63) is 23.8 Å². The molecular formula is C24H31O6-. The van der Waals surface area contributed by atoms with E-state index in [4.69, 9.17) is 9.47 Å². The highest BCUT2D eigenvalue weighted by Gasteiger charge is 2.74. The monoisotopic (exact) mass is 415 g/mol. The summed E-state index contributed by atoms with van der Waals surface area (Å²) in [6.45, 7) is 6.08. The summed E-state index contributed by atoms with van der Waals surface area (Å²) < 4.78 is 12.3. The molecule has 30 heavy (non-hydrogen) atoms. The molecule has 6 heteroatoms. The van der Waals surface area contributed by atoms with Crippen LogP contribution in [0.1, 0.15) is 59.3 Å². The predicted octanol–water partition coefficient (Wildman–Crippen LogP) is 1.91. The standard InChI is InChI=1S/C24H32O6/c1-4-5-19-29-18-11-16-15-7-6-13-10-14(25)8-9-22(13,2)20(15)17(26)12-23(16,3)24(18,30-19)21(27)28/h8-10,15-20,26H,4-7,11-12H2,1-3H3,(H,27,28)/p-1. The number of ketones is 1. The number of aliphatic hydroxyl groups is 1. The van der Waals surface area contributed by atoms with Gasteiger partial charge in [-0.05, 0) is 56.1 Å². The van der Waals surface area contributed by atoms with E-state index in [-0.39, 0.29) is 29.0 Å². The van der Waals surface area contributed by atoms with Crippen LogP contribution in [-0.2, 0) is 19.1 Å². The smallest absolute Gasteiger partial charge is 0.178 e. The summed E-state index contributed by atoms with van der Waals surface area (Å²) in [5.41, 5.74) is -1.57. The quantitative estimate of drug-likeness (QED) is 0.756. The molecule has 164 valence electrons. The lowest BCUT2D eigenvalue weighted by Gasteiger charge is -2.60. The van der Waals surface area contributed by atoms with E-state index in [2.05, 4.69) is 6.92 Å². The molecule has 1 saturated heterocycles. The number of allylic oxidation sites excluding steroid dienone is 4. The molecule has 3 saturated carbocycles. The van der Waals surface area contributed by atoms with Crippen LogP contribution in [0.2, 0.25) is 0 Å². The molecule has 0 aromatic heterocycles. The van der Waals surface area contributed by atoms with Crippen molar-refractivity contribution >= 4 is 11.8 Å². The molecule has 1 heterocycles. The molecule has 4 fully saturated rings. The number of fused-ring (bicyclic) bond motifs is 7. The van der Waals surface area contributed by atoms with Gasteiger partial charge in [0.15, 0.2) is 12.1 Å². The Morgan fingerprint density at radius 1 is 1.37 bits per heavy atom. The van der Waals surface area contributed by atoms with Crippen LogP contribution < -0.4 is 5.11 Å². The summed E-state index contributed by atoms with van der Waals surface area (Å²) >= 11 is 0. The Balaban J connectivity index is 1.55. The fourth-order valence-corrected chi connectivity index (χ4v) is 7.85. The molecule has 0 radical (unpaired) electrons. The Morgan fingerprint density at radius 2 is 2.13 bits per heavy atom. The van der Waals surface area contributed by atoms with Gasteiger partial charge in [-0.1, -0.05) is 38.8 Å². The van der Waals surface area contributed by atoms with Gasteiger partial charge >= 0.3 is 0 Å². The normalized spacial score (nSPS) is 51.6. The van der Waals surface area contributed by atoms with Crippen molar-refractivity contribution in [2.24, 2.45) is 28.6 Å². The maximum atomic E-state index is 12.6. The molecule has 0 bridgehead atoms. The van der Waals surface area contributed by atoms with Crippen LogP contribution in [-0.4, -0.2) is 41.0 Å². The van der Waals surface area contributed by atoms with Gasteiger partial charge in [-0.15, -0.1) is 0 Å². The number of rotatable bonds is 3. The molecule has 6 nitrogen and oxygen atoms in total. The first kappa shape index (κ1) is 20.4. The Hall–Kier alpha value is -1.50. The summed E-state index contributed by atoms with van der Waals surface area (Å²) in [6, 6.07) is 0. The molecule has 0 amide bonds. The SMILES string of the molecule is CCCC1OC2CC3C4CCC5=CC(=O)C=CC5(C)C4C(O)CC3(C)C2(C(=O)[O-])O1. The summed E-state index contributed by atoms with van der Waals surface area (Å²) in [5, 5.41) is 24.0. The first-order valence-corrected chi connectivity index (χ1v) is 11.3. The second kappa shape index (κ2) is 6.50. The topological polar surface area (TPSA) is 95.9 Å². The van der Waals surface area contributed by atoms with Crippen LogP contribution >= 0.6 is 0 Å². The number of hydrogen-bond acceptors (Lipinski definition) is 6. The van der Waals surface area contributed by atoms with E-state index in [0.717, 1.165) is 24.8 Å². The average molecular weight is 416 g/mol. The number of ether oxygens (including phenoxy) is 2. The lowest BCUT2D eigenvalue weighted by atomic mass is 9.46. The van der Waals surface area contributed by atoms with Gasteiger partial charge in [0.25, 0.3) is 0 Å². The van der Waals surface area contributed by atoms with Gasteiger partial charge < -0.3 is 24.5 Å². The molecule has 0 spiro atoms. The molecule has 0 aromatic carbocycles. The number of carbonyl (C=O) groups is 2. The second-order valence-corrected chi connectivity index (χ2v) is 10.4. The average Bonchev–Trinajstić information content (AvgIpc) is 3.15. The summed E-state index contributed by atoms with van der Waals surface area (Å²) in [6.07, 6.45) is 7.57. The van der Waals surface area contributed by atoms with Crippen molar-refractivity contribution in [1.82, 2.24) is 0 Å². The van der Waals surface area contributed by atoms with Crippen LogP contribution in [0.5, 0.6) is 0 Å². The van der Waals surface area contributed by atoms with Gasteiger partial charge in [-0.25, -0.2) is 0 Å². The molecule has 4 aliphatic carbocycles. The van der Waals surface area contributed by atoms with Crippen LogP contribution in [0.4, 0.5) is 0 Å². The highest BCUT2D eigenvalue weighted by molar-refractivity contribution is 6.01. The third-order valence-corrected chi connectivity index (χ3v) is 9.12. The van der Waals surface area contributed by atoms with E-state index in [1.807, 2.05) is 19.9 Å². The zero-order valence-electron chi connectivity index (χ0n) is 17.9. The Bertz CT molecular complexity index is 847. The minimum atomic E-state index is -1.52. The second-order valence-electron chi connectivity index (χ2n) is 10.4. The lowest BCUT2D eigenvalue weighted by Crippen LogP contribution is -2.66. The minimum Gasteiger partial charge on any atom is -0.547 e. The van der Waals surface area contributed by atoms with E-state index in [9.17, 15) is 19.8 Å². The summed E-state index contributed by atoms with van der Waals surface area (Å²) in [7, 11) is 0. The van der Waals surface area contributed by atoms with Gasteiger partial charge in [0, 0.05) is 16.7 Å². The zero-order chi connectivity index (χ0) is 21.5. The van der Waals surface area contributed by atoms with Gasteiger partial charge in [0.1, 0.15) is 5.60 Å². The molecule has 0 aromatic rings. The zero-order valence-corrected chi connectivity index (χ0v) is 17.9. The molecule has 1 aliphatic heterocycles. The maximum Gasteiger partial charge on any atom is 0.178 e.